The third-order valence-corrected chi connectivity index (χ3v) is 6.33. The van der Waals surface area contributed by atoms with Gasteiger partial charge in [0.2, 0.25) is 5.88 Å². The molecule has 0 bridgehead atoms. The Bertz CT molecular complexity index is 1410. The number of imidazole rings is 1. The fraction of sp³-hybridized carbons (Fsp3) is 0.346. The second-order valence-corrected chi connectivity index (χ2v) is 9.45. The number of pyridine rings is 1. The van der Waals surface area contributed by atoms with Crippen molar-refractivity contribution in [3.05, 3.63) is 64.7 Å². The number of hydrogen-bond acceptors (Lipinski definition) is 7. The van der Waals surface area contributed by atoms with Crippen molar-refractivity contribution in [2.24, 2.45) is 0 Å². The van der Waals surface area contributed by atoms with Gasteiger partial charge in [-0.2, -0.15) is 4.98 Å². The minimum Gasteiger partial charge on any atom is -0.470 e. The molecule has 0 radical (unpaired) electrons. The number of esters is 1. The van der Waals surface area contributed by atoms with Crippen LogP contribution in [0.3, 0.4) is 0 Å². The van der Waals surface area contributed by atoms with E-state index in [0.717, 1.165) is 29.7 Å². The number of ether oxygens (including phenoxy) is 2. The second-order valence-electron chi connectivity index (χ2n) is 9.05. The number of halogens is 1. The summed E-state index contributed by atoms with van der Waals surface area (Å²) in [6.45, 7) is 6.66. The first-order chi connectivity index (χ1) is 16.8. The number of benzene rings is 1. The van der Waals surface area contributed by atoms with Crippen molar-refractivity contribution in [2.75, 3.05) is 6.61 Å². The Morgan fingerprint density at radius 2 is 2.00 bits per heavy atom. The van der Waals surface area contributed by atoms with Gasteiger partial charge in [-0.1, -0.05) is 17.7 Å². The van der Waals surface area contributed by atoms with Crippen LogP contribution in [0.5, 0.6) is 5.88 Å². The van der Waals surface area contributed by atoms with Gasteiger partial charge >= 0.3 is 5.97 Å². The number of hydrogen-bond donors (Lipinski definition) is 0. The van der Waals surface area contributed by atoms with Crippen LogP contribution in [0.15, 0.2) is 42.9 Å². The van der Waals surface area contributed by atoms with Crippen molar-refractivity contribution in [2.45, 2.75) is 52.2 Å². The molecule has 5 rings (SSSR count). The number of fused-ring (bicyclic) bond motifs is 1. The number of rotatable bonds is 8. The summed E-state index contributed by atoms with van der Waals surface area (Å²) in [6, 6.07) is 9.50. The van der Waals surface area contributed by atoms with E-state index < -0.39 is 0 Å². The molecule has 9 heteroatoms. The molecule has 0 saturated heterocycles. The molecule has 0 N–H and O–H groups in total. The highest BCUT2D eigenvalue weighted by atomic mass is 35.5. The zero-order chi connectivity index (χ0) is 24.6. The van der Waals surface area contributed by atoms with Crippen molar-refractivity contribution >= 4 is 28.7 Å². The van der Waals surface area contributed by atoms with E-state index in [1.807, 2.05) is 35.8 Å². The van der Waals surface area contributed by atoms with Gasteiger partial charge in [0.05, 0.1) is 30.3 Å². The van der Waals surface area contributed by atoms with Crippen molar-refractivity contribution in [3.63, 3.8) is 0 Å². The van der Waals surface area contributed by atoms with E-state index in [4.69, 9.17) is 26.1 Å². The SMILES string of the molecule is CCOC(=O)Cc1ccc(-c2nc3c(OC4(C)CC4)ncnc3n2Cc2cc(C)ccn2)c(Cl)c1. The summed E-state index contributed by atoms with van der Waals surface area (Å²) < 4.78 is 13.2. The zero-order valence-electron chi connectivity index (χ0n) is 19.9. The molecule has 1 aromatic carbocycles. The molecule has 35 heavy (non-hydrogen) atoms. The van der Waals surface area contributed by atoms with Gasteiger partial charge in [0.25, 0.3) is 0 Å². The number of nitrogens with zero attached hydrogens (tertiary/aromatic N) is 5. The van der Waals surface area contributed by atoms with Gasteiger partial charge in [-0.15, -0.1) is 0 Å². The molecule has 1 saturated carbocycles. The molecule has 4 aromatic rings. The Kier molecular flexibility index (Phi) is 6.15. The van der Waals surface area contributed by atoms with Crippen LogP contribution in [0.2, 0.25) is 5.02 Å². The molecular formula is C26H26ClN5O3. The van der Waals surface area contributed by atoms with Crippen LogP contribution in [-0.4, -0.2) is 42.7 Å². The monoisotopic (exact) mass is 491 g/mol. The Morgan fingerprint density at radius 3 is 2.71 bits per heavy atom. The molecule has 8 nitrogen and oxygen atoms in total. The van der Waals surface area contributed by atoms with Gasteiger partial charge in [-0.3, -0.25) is 9.78 Å². The summed E-state index contributed by atoms with van der Waals surface area (Å²) in [5.74, 6) is 0.796. The lowest BCUT2D eigenvalue weighted by molar-refractivity contribution is -0.142. The van der Waals surface area contributed by atoms with Gasteiger partial charge < -0.3 is 14.0 Å². The highest BCUT2D eigenvalue weighted by Crippen LogP contribution is 2.41. The van der Waals surface area contributed by atoms with E-state index in [1.54, 1.807) is 19.2 Å². The third-order valence-electron chi connectivity index (χ3n) is 6.02. The molecule has 0 unspecified atom stereocenters. The van der Waals surface area contributed by atoms with E-state index in [9.17, 15) is 4.79 Å². The highest BCUT2D eigenvalue weighted by Gasteiger charge is 2.41. The fourth-order valence-corrected chi connectivity index (χ4v) is 4.22. The maximum atomic E-state index is 11.9. The Labute approximate surface area is 208 Å². The quantitative estimate of drug-likeness (QED) is 0.322. The van der Waals surface area contributed by atoms with Gasteiger partial charge in [-0.05, 0) is 69.0 Å². The molecule has 1 aliphatic carbocycles. The molecule has 3 aromatic heterocycles. The van der Waals surface area contributed by atoms with Gasteiger partial charge in [-0.25, -0.2) is 9.97 Å². The summed E-state index contributed by atoms with van der Waals surface area (Å²) in [4.78, 5) is 30.3. The first-order valence-electron chi connectivity index (χ1n) is 11.6. The number of carbonyl (C=O) groups is 1. The molecule has 0 aliphatic heterocycles. The molecule has 3 heterocycles. The maximum absolute atomic E-state index is 11.9. The van der Waals surface area contributed by atoms with Gasteiger partial charge in [0, 0.05) is 11.8 Å². The van der Waals surface area contributed by atoms with Crippen molar-refractivity contribution in [1.29, 1.82) is 0 Å². The minimum atomic E-state index is -0.292. The molecule has 1 aliphatic rings. The number of carbonyl (C=O) groups excluding carboxylic acids is 1. The van der Waals surface area contributed by atoms with E-state index in [-0.39, 0.29) is 18.0 Å². The second kappa shape index (κ2) is 9.26. The summed E-state index contributed by atoms with van der Waals surface area (Å²) in [5.41, 5.74) is 4.48. The van der Waals surface area contributed by atoms with Crippen LogP contribution in [-0.2, 0) is 22.5 Å². The Morgan fingerprint density at radius 1 is 1.17 bits per heavy atom. The lowest BCUT2D eigenvalue weighted by atomic mass is 10.1. The first-order valence-corrected chi connectivity index (χ1v) is 12.0. The van der Waals surface area contributed by atoms with Gasteiger partial charge in [0.15, 0.2) is 11.2 Å². The third kappa shape index (κ3) is 4.98. The lowest BCUT2D eigenvalue weighted by Crippen LogP contribution is -2.13. The standard InChI is InChI=1S/C26H26ClN5O3/c1-4-34-21(33)13-17-5-6-19(20(27)12-17)23-31-22-24(29-15-30-25(22)35-26(3)8-9-26)32(23)14-18-11-16(2)7-10-28-18/h5-7,10-12,15H,4,8-9,13-14H2,1-3H3. The fourth-order valence-electron chi connectivity index (χ4n) is 3.93. The molecule has 0 atom stereocenters. The van der Waals surface area contributed by atoms with E-state index >= 15 is 0 Å². The predicted octanol–water partition coefficient (Wildman–Crippen LogP) is 4.94. The van der Waals surface area contributed by atoms with Crippen molar-refractivity contribution < 1.29 is 14.3 Å². The topological polar surface area (TPSA) is 92.0 Å². The minimum absolute atomic E-state index is 0.152. The van der Waals surface area contributed by atoms with Crippen LogP contribution in [0.25, 0.3) is 22.6 Å². The largest absolute Gasteiger partial charge is 0.470 e. The van der Waals surface area contributed by atoms with Crippen LogP contribution in [0.1, 0.15) is 43.5 Å². The molecule has 180 valence electrons. The predicted molar refractivity (Wildman–Crippen MR) is 132 cm³/mol. The first kappa shape index (κ1) is 23.2. The molecule has 0 spiro atoms. The Hall–Kier alpha value is -3.52. The van der Waals surface area contributed by atoms with Crippen molar-refractivity contribution in [3.8, 4) is 17.3 Å². The summed E-state index contributed by atoms with van der Waals surface area (Å²) in [6.07, 6.45) is 5.40. The van der Waals surface area contributed by atoms with Gasteiger partial charge in [0.1, 0.15) is 17.8 Å². The number of aryl methyl sites for hydroxylation is 1. The average Bonchev–Trinajstić information content (AvgIpc) is 3.43. The van der Waals surface area contributed by atoms with E-state index in [0.29, 0.717) is 46.6 Å². The Balaban J connectivity index is 1.60. The van der Waals surface area contributed by atoms with Crippen LogP contribution >= 0.6 is 11.6 Å². The average molecular weight is 492 g/mol. The summed E-state index contributed by atoms with van der Waals surface area (Å²) in [5, 5.41) is 0.477. The molecule has 1 fully saturated rings. The normalized spacial score (nSPS) is 14.2. The van der Waals surface area contributed by atoms with Crippen molar-refractivity contribution in [1.82, 2.24) is 24.5 Å². The van der Waals surface area contributed by atoms with Crippen LogP contribution in [0, 0.1) is 6.92 Å². The van der Waals surface area contributed by atoms with Crippen LogP contribution in [0.4, 0.5) is 0 Å². The summed E-state index contributed by atoms with van der Waals surface area (Å²) in [7, 11) is 0. The molecule has 0 amide bonds. The van der Waals surface area contributed by atoms with Crippen LogP contribution < -0.4 is 4.74 Å². The van der Waals surface area contributed by atoms with E-state index in [1.165, 1.54) is 6.33 Å². The lowest BCUT2D eigenvalue weighted by Gasteiger charge is -2.12. The highest BCUT2D eigenvalue weighted by molar-refractivity contribution is 6.33. The maximum Gasteiger partial charge on any atom is 0.310 e. The smallest absolute Gasteiger partial charge is 0.310 e. The number of aromatic nitrogens is 5. The molecular weight excluding hydrogens is 466 g/mol. The van der Waals surface area contributed by atoms with E-state index in [2.05, 4.69) is 21.9 Å². The zero-order valence-corrected chi connectivity index (χ0v) is 20.7. The summed E-state index contributed by atoms with van der Waals surface area (Å²) >= 11 is 6.72.